The van der Waals surface area contributed by atoms with Gasteiger partial charge in [-0.1, -0.05) is 115 Å². The Hall–Kier alpha value is -3.91. The zero-order valence-electron chi connectivity index (χ0n) is 26.3. The molecule has 2 heteroatoms. The maximum atomic E-state index is 5.05. The van der Waals surface area contributed by atoms with Gasteiger partial charge >= 0.3 is 0 Å². The molecule has 5 aromatic rings. The zero-order chi connectivity index (χ0) is 29.6. The number of benzene rings is 4. The molecule has 1 aliphatic rings. The smallest absolute Gasteiger partial charge is 0.144 e. The molecule has 1 unspecified atom stereocenters. The van der Waals surface area contributed by atoms with Crippen molar-refractivity contribution in [1.29, 1.82) is 0 Å². The van der Waals surface area contributed by atoms with Crippen LogP contribution < -0.4 is 0 Å². The van der Waals surface area contributed by atoms with Gasteiger partial charge in [0.05, 0.1) is 0 Å². The molecule has 0 saturated heterocycles. The fourth-order valence-electron chi connectivity index (χ4n) is 7.08. The second kappa shape index (κ2) is 11.1. The summed E-state index contributed by atoms with van der Waals surface area (Å²) in [6.45, 7) is 16.2. The summed E-state index contributed by atoms with van der Waals surface area (Å²) in [5.41, 5.74) is 13.3. The zero-order valence-corrected chi connectivity index (χ0v) is 26.3. The Kier molecular flexibility index (Phi) is 7.43. The van der Waals surface area contributed by atoms with Gasteiger partial charge < -0.3 is 0 Å². The number of rotatable bonds is 8. The van der Waals surface area contributed by atoms with E-state index < -0.39 is 0 Å². The van der Waals surface area contributed by atoms with E-state index in [9.17, 15) is 0 Å². The van der Waals surface area contributed by atoms with Crippen LogP contribution in [0.3, 0.4) is 0 Å². The molecular formula is C40H44N2. The van der Waals surface area contributed by atoms with Gasteiger partial charge in [0, 0.05) is 23.6 Å². The summed E-state index contributed by atoms with van der Waals surface area (Å²) in [7, 11) is 0. The molecule has 0 N–H and O–H groups in total. The molecule has 4 aromatic carbocycles. The van der Waals surface area contributed by atoms with Gasteiger partial charge in [0.1, 0.15) is 5.82 Å². The Morgan fingerprint density at radius 2 is 1.52 bits per heavy atom. The van der Waals surface area contributed by atoms with Gasteiger partial charge in [0.25, 0.3) is 0 Å². The quantitative estimate of drug-likeness (QED) is 0.187. The highest BCUT2D eigenvalue weighted by atomic mass is 15.1. The lowest BCUT2D eigenvalue weighted by Crippen LogP contribution is -2.09. The number of hydrogen-bond donors (Lipinski definition) is 0. The molecule has 0 bridgehead atoms. The Morgan fingerprint density at radius 3 is 2.19 bits per heavy atom. The summed E-state index contributed by atoms with van der Waals surface area (Å²) in [5, 5.41) is 0. The van der Waals surface area contributed by atoms with E-state index in [1.807, 2.05) is 6.20 Å². The fraction of sp³-hybridized carbons (Fsp3) is 0.325. The Bertz CT molecular complexity index is 1710. The molecule has 1 aromatic heterocycles. The van der Waals surface area contributed by atoms with Crippen LogP contribution in [0.2, 0.25) is 0 Å². The molecule has 1 fully saturated rings. The molecule has 1 heterocycles. The maximum absolute atomic E-state index is 5.05. The normalized spacial score (nSPS) is 18.2. The number of imidazole rings is 1. The lowest BCUT2D eigenvalue weighted by atomic mass is 9.82. The Labute approximate surface area is 252 Å². The van der Waals surface area contributed by atoms with E-state index in [4.69, 9.17) is 4.98 Å². The number of aryl methyl sites for hydroxylation is 1. The van der Waals surface area contributed by atoms with Gasteiger partial charge in [-0.05, 0) is 99.2 Å². The Morgan fingerprint density at radius 1 is 0.810 bits per heavy atom. The first-order valence-corrected chi connectivity index (χ1v) is 15.7. The summed E-state index contributed by atoms with van der Waals surface area (Å²) >= 11 is 0. The summed E-state index contributed by atoms with van der Waals surface area (Å²) in [4.78, 5) is 5.05. The highest BCUT2D eigenvalue weighted by Crippen LogP contribution is 2.58. The first kappa shape index (κ1) is 28.2. The molecule has 0 spiro atoms. The highest BCUT2D eigenvalue weighted by Gasteiger charge is 2.51. The number of hydrogen-bond acceptors (Lipinski definition) is 1. The molecule has 0 radical (unpaired) electrons. The van der Waals surface area contributed by atoms with Gasteiger partial charge in [-0.3, -0.25) is 4.57 Å². The molecule has 0 amide bonds. The molecule has 1 aliphatic carbocycles. The van der Waals surface area contributed by atoms with E-state index in [1.165, 1.54) is 62.9 Å². The second-order valence-electron chi connectivity index (χ2n) is 13.1. The van der Waals surface area contributed by atoms with Crippen molar-refractivity contribution in [1.82, 2.24) is 9.55 Å². The van der Waals surface area contributed by atoms with Crippen molar-refractivity contribution in [3.63, 3.8) is 0 Å². The van der Waals surface area contributed by atoms with Gasteiger partial charge in [-0.2, -0.15) is 0 Å². The average Bonchev–Trinajstić information content (AvgIpc) is 3.42. The minimum absolute atomic E-state index is 0.181. The van der Waals surface area contributed by atoms with E-state index in [2.05, 4.69) is 144 Å². The predicted octanol–water partition coefficient (Wildman–Crippen LogP) is 11.1. The maximum Gasteiger partial charge on any atom is 0.144 e. The van der Waals surface area contributed by atoms with Gasteiger partial charge in [-0.25, -0.2) is 4.98 Å². The lowest BCUT2D eigenvalue weighted by molar-refractivity contribution is 0.643. The molecule has 6 rings (SSSR count). The standard InChI is InChI=1S/C40H44N2/c1-8-31-25-40(31,7)37-20-19-30(38-33(26(2)3)17-12-18-34(38)27(4)5)24-36(37)39-41-21-22-42(39)32-15-11-14-29(23-32)35-16-10-9-13-28(35)6/h9-24,26-27,31H,8,25H2,1-7H3/t31-,40?/m0/s1. The summed E-state index contributed by atoms with van der Waals surface area (Å²) in [6, 6.07) is 31.6. The van der Waals surface area contributed by atoms with Gasteiger partial charge in [0.2, 0.25) is 0 Å². The van der Waals surface area contributed by atoms with E-state index >= 15 is 0 Å². The first-order valence-electron chi connectivity index (χ1n) is 15.7. The third kappa shape index (κ3) is 4.91. The monoisotopic (exact) mass is 552 g/mol. The third-order valence-electron chi connectivity index (χ3n) is 9.66. The molecule has 42 heavy (non-hydrogen) atoms. The van der Waals surface area contributed by atoms with Crippen LogP contribution in [0.25, 0.3) is 39.3 Å². The van der Waals surface area contributed by atoms with E-state index in [1.54, 1.807) is 0 Å². The van der Waals surface area contributed by atoms with E-state index in [-0.39, 0.29) is 5.41 Å². The van der Waals surface area contributed by atoms with Gasteiger partial charge in [0.15, 0.2) is 0 Å². The topological polar surface area (TPSA) is 17.8 Å². The van der Waals surface area contributed by atoms with Crippen molar-refractivity contribution in [3.8, 4) is 39.3 Å². The number of aromatic nitrogens is 2. The third-order valence-corrected chi connectivity index (χ3v) is 9.66. The SMILES string of the molecule is CC[C@H]1CC1(C)c1ccc(-c2c(C(C)C)cccc2C(C)C)cc1-c1nccn1-c1cccc(-c2ccccc2C)c1. The van der Waals surface area contributed by atoms with Crippen LogP contribution in [0.1, 0.15) is 88.5 Å². The summed E-state index contributed by atoms with van der Waals surface area (Å²) in [5.74, 6) is 2.62. The van der Waals surface area contributed by atoms with Crippen molar-refractivity contribution in [2.24, 2.45) is 5.92 Å². The van der Waals surface area contributed by atoms with Crippen molar-refractivity contribution in [3.05, 3.63) is 120 Å². The van der Waals surface area contributed by atoms with Crippen LogP contribution in [-0.2, 0) is 5.41 Å². The van der Waals surface area contributed by atoms with Crippen LogP contribution in [0.15, 0.2) is 97.3 Å². The van der Waals surface area contributed by atoms with Gasteiger partial charge in [-0.15, -0.1) is 0 Å². The highest BCUT2D eigenvalue weighted by molar-refractivity contribution is 5.79. The predicted molar refractivity (Wildman–Crippen MR) is 179 cm³/mol. The second-order valence-corrected chi connectivity index (χ2v) is 13.1. The Balaban J connectivity index is 1.55. The molecule has 214 valence electrons. The van der Waals surface area contributed by atoms with E-state index in [0.717, 1.165) is 11.5 Å². The van der Waals surface area contributed by atoms with Crippen LogP contribution in [0.5, 0.6) is 0 Å². The lowest BCUT2D eigenvalue weighted by Gasteiger charge is -2.23. The molecule has 2 atom stereocenters. The van der Waals surface area contributed by atoms with Crippen molar-refractivity contribution in [2.45, 2.75) is 78.6 Å². The van der Waals surface area contributed by atoms with E-state index in [0.29, 0.717) is 17.8 Å². The molecule has 2 nitrogen and oxygen atoms in total. The first-order chi connectivity index (χ1) is 20.2. The summed E-state index contributed by atoms with van der Waals surface area (Å²) < 4.78 is 2.29. The van der Waals surface area contributed by atoms with Crippen LogP contribution in [0.4, 0.5) is 0 Å². The number of nitrogens with zero attached hydrogens (tertiary/aromatic N) is 2. The summed E-state index contributed by atoms with van der Waals surface area (Å²) in [6.07, 6.45) is 6.52. The largest absolute Gasteiger partial charge is 0.300 e. The minimum atomic E-state index is 0.181. The van der Waals surface area contributed by atoms with Crippen LogP contribution >= 0.6 is 0 Å². The molecule has 1 saturated carbocycles. The van der Waals surface area contributed by atoms with Crippen LogP contribution in [-0.4, -0.2) is 9.55 Å². The van der Waals surface area contributed by atoms with Crippen molar-refractivity contribution in [2.75, 3.05) is 0 Å². The van der Waals surface area contributed by atoms with Crippen LogP contribution in [0, 0.1) is 12.8 Å². The molecule has 0 aliphatic heterocycles. The van der Waals surface area contributed by atoms with Crippen molar-refractivity contribution >= 4 is 0 Å². The van der Waals surface area contributed by atoms with Crippen molar-refractivity contribution < 1.29 is 0 Å². The fourth-order valence-corrected chi connectivity index (χ4v) is 7.08. The average molecular weight is 553 g/mol. The molecular weight excluding hydrogens is 508 g/mol. The minimum Gasteiger partial charge on any atom is -0.300 e.